The van der Waals surface area contributed by atoms with Gasteiger partial charge in [0.05, 0.1) is 0 Å². The molecule has 1 N–H and O–H groups in total. The number of piperidine rings is 1. The normalized spacial score (nSPS) is 15.7. The Kier molecular flexibility index (Phi) is 6.01. The van der Waals surface area contributed by atoms with Crippen molar-refractivity contribution in [3.63, 3.8) is 0 Å². The average Bonchev–Trinajstić information content (AvgIpc) is 2.65. The molecule has 4 nitrogen and oxygen atoms in total. The number of nitrogens with zero attached hydrogens (tertiary/aromatic N) is 1. The van der Waals surface area contributed by atoms with Crippen molar-refractivity contribution in [2.45, 2.75) is 12.8 Å². The number of benzene rings is 2. The van der Waals surface area contributed by atoms with Crippen LogP contribution in [0.5, 0.6) is 5.75 Å². The first-order chi connectivity index (χ1) is 12.2. The third-order valence-corrected chi connectivity index (χ3v) is 4.50. The molecule has 0 bridgehead atoms. The molecule has 0 atom stereocenters. The number of likely N-dealkylation sites (tertiary alicyclic amines) is 1. The summed E-state index contributed by atoms with van der Waals surface area (Å²) in [6.07, 6.45) is 1.66. The molecule has 0 aliphatic carbocycles. The maximum Gasteiger partial charge on any atom is 0.227 e. The summed E-state index contributed by atoms with van der Waals surface area (Å²) in [5.41, 5.74) is 0.841. The summed E-state index contributed by atoms with van der Waals surface area (Å²) in [6, 6.07) is 16.0. The molecule has 2 aromatic carbocycles. The van der Waals surface area contributed by atoms with Crippen LogP contribution in [-0.4, -0.2) is 37.0 Å². The highest BCUT2D eigenvalue weighted by molar-refractivity contribution is 5.92. The van der Waals surface area contributed by atoms with E-state index in [9.17, 15) is 9.18 Å². The van der Waals surface area contributed by atoms with Crippen LogP contribution in [0.25, 0.3) is 0 Å². The Morgan fingerprint density at radius 3 is 2.48 bits per heavy atom. The summed E-state index contributed by atoms with van der Waals surface area (Å²) in [7, 11) is 0. The smallest absolute Gasteiger partial charge is 0.227 e. The zero-order valence-electron chi connectivity index (χ0n) is 14.2. The van der Waals surface area contributed by atoms with Gasteiger partial charge in [-0.2, -0.15) is 0 Å². The summed E-state index contributed by atoms with van der Waals surface area (Å²) >= 11 is 0. The van der Waals surface area contributed by atoms with Crippen LogP contribution in [0.15, 0.2) is 54.6 Å². The first kappa shape index (κ1) is 17.4. The van der Waals surface area contributed by atoms with Gasteiger partial charge in [0.1, 0.15) is 6.61 Å². The number of carbonyl (C=O) groups is 1. The van der Waals surface area contributed by atoms with E-state index in [1.165, 1.54) is 6.07 Å². The molecule has 0 unspecified atom stereocenters. The van der Waals surface area contributed by atoms with Gasteiger partial charge in [-0.1, -0.05) is 30.3 Å². The Morgan fingerprint density at radius 1 is 1.08 bits per heavy atom. The van der Waals surface area contributed by atoms with Crippen molar-refractivity contribution < 1.29 is 13.9 Å². The molecule has 0 aromatic heterocycles. The summed E-state index contributed by atoms with van der Waals surface area (Å²) in [5.74, 6) is 0.0933. The molecule has 1 aliphatic heterocycles. The van der Waals surface area contributed by atoms with Crippen LogP contribution in [0.1, 0.15) is 12.8 Å². The fourth-order valence-corrected chi connectivity index (χ4v) is 3.03. The predicted molar refractivity (Wildman–Crippen MR) is 96.1 cm³/mol. The molecule has 3 rings (SSSR count). The second kappa shape index (κ2) is 8.62. The Morgan fingerprint density at radius 2 is 1.76 bits per heavy atom. The zero-order valence-corrected chi connectivity index (χ0v) is 14.2. The maximum absolute atomic E-state index is 13.5. The van der Waals surface area contributed by atoms with Gasteiger partial charge in [0, 0.05) is 18.2 Å². The van der Waals surface area contributed by atoms with Gasteiger partial charge in [0.2, 0.25) is 5.91 Å². The predicted octanol–water partition coefficient (Wildman–Crippen LogP) is 3.56. The fraction of sp³-hybridized carbons (Fsp3) is 0.350. The molecule has 5 heteroatoms. The minimum absolute atomic E-state index is 0.0453. The quantitative estimate of drug-likeness (QED) is 0.873. The zero-order chi connectivity index (χ0) is 17.5. The molecule has 132 valence electrons. The number of hydrogen-bond acceptors (Lipinski definition) is 3. The van der Waals surface area contributed by atoms with E-state index >= 15 is 0 Å². The van der Waals surface area contributed by atoms with E-state index in [-0.39, 0.29) is 17.6 Å². The van der Waals surface area contributed by atoms with Crippen molar-refractivity contribution in [1.82, 2.24) is 4.90 Å². The van der Waals surface area contributed by atoms with E-state index in [2.05, 4.69) is 10.2 Å². The maximum atomic E-state index is 13.5. The molecule has 1 aliphatic rings. The van der Waals surface area contributed by atoms with Crippen molar-refractivity contribution in [3.8, 4) is 5.75 Å². The molecule has 1 fully saturated rings. The summed E-state index contributed by atoms with van der Waals surface area (Å²) < 4.78 is 19.0. The molecule has 1 saturated heterocycles. The second-order valence-corrected chi connectivity index (χ2v) is 6.25. The molecule has 0 saturated carbocycles. The van der Waals surface area contributed by atoms with Crippen molar-refractivity contribution in [2.75, 3.05) is 31.6 Å². The molecule has 1 heterocycles. The van der Waals surface area contributed by atoms with Gasteiger partial charge < -0.3 is 10.1 Å². The number of hydrogen-bond donors (Lipinski definition) is 1. The van der Waals surface area contributed by atoms with Crippen LogP contribution >= 0.6 is 0 Å². The van der Waals surface area contributed by atoms with Gasteiger partial charge >= 0.3 is 0 Å². The van der Waals surface area contributed by atoms with E-state index < -0.39 is 0 Å². The monoisotopic (exact) mass is 342 g/mol. The van der Waals surface area contributed by atoms with Crippen molar-refractivity contribution in [2.24, 2.45) is 5.92 Å². The highest BCUT2D eigenvalue weighted by Crippen LogP contribution is 2.20. The minimum Gasteiger partial charge on any atom is -0.489 e. The van der Waals surface area contributed by atoms with Crippen LogP contribution in [0, 0.1) is 11.7 Å². The lowest BCUT2D eigenvalue weighted by Gasteiger charge is -2.31. The van der Waals surface area contributed by atoms with E-state index in [1.54, 1.807) is 18.2 Å². The van der Waals surface area contributed by atoms with Gasteiger partial charge in [-0.15, -0.1) is 0 Å². The average molecular weight is 342 g/mol. The molecule has 25 heavy (non-hydrogen) atoms. The summed E-state index contributed by atoms with van der Waals surface area (Å²) in [5, 5.41) is 2.97. The molecule has 0 radical (unpaired) electrons. The van der Waals surface area contributed by atoms with Crippen LogP contribution in [0.2, 0.25) is 0 Å². The topological polar surface area (TPSA) is 41.6 Å². The van der Waals surface area contributed by atoms with Crippen LogP contribution < -0.4 is 10.1 Å². The summed E-state index contributed by atoms with van der Waals surface area (Å²) in [4.78, 5) is 14.6. The number of rotatable bonds is 6. The highest BCUT2D eigenvalue weighted by Gasteiger charge is 2.24. The summed E-state index contributed by atoms with van der Waals surface area (Å²) in [6.45, 7) is 2.89. The van der Waals surface area contributed by atoms with Gasteiger partial charge in [-0.05, 0) is 50.2 Å². The Balaban J connectivity index is 1.38. The lowest BCUT2D eigenvalue weighted by atomic mass is 9.96. The molecule has 1 amide bonds. The van der Waals surface area contributed by atoms with Crippen LogP contribution in [0.3, 0.4) is 0 Å². The highest BCUT2D eigenvalue weighted by atomic mass is 19.1. The Hall–Kier alpha value is -2.40. The molecular formula is C20H23FN2O2. The van der Waals surface area contributed by atoms with Gasteiger partial charge in [0.15, 0.2) is 11.6 Å². The van der Waals surface area contributed by atoms with Crippen molar-refractivity contribution in [3.05, 3.63) is 60.4 Å². The molecule has 0 spiro atoms. The lowest BCUT2D eigenvalue weighted by Crippen LogP contribution is -2.39. The number of para-hydroxylation sites is 2. The van der Waals surface area contributed by atoms with Gasteiger partial charge in [-0.25, -0.2) is 4.39 Å². The van der Waals surface area contributed by atoms with Crippen LogP contribution in [-0.2, 0) is 4.79 Å². The van der Waals surface area contributed by atoms with E-state index in [1.807, 2.05) is 30.3 Å². The Bertz CT molecular complexity index is 685. The molecule has 2 aromatic rings. The van der Waals surface area contributed by atoms with E-state index in [0.717, 1.165) is 38.2 Å². The van der Waals surface area contributed by atoms with Gasteiger partial charge in [-0.3, -0.25) is 9.69 Å². The van der Waals surface area contributed by atoms with E-state index in [4.69, 9.17) is 4.74 Å². The first-order valence-corrected chi connectivity index (χ1v) is 8.68. The number of halogens is 1. The van der Waals surface area contributed by atoms with Crippen molar-refractivity contribution in [1.29, 1.82) is 0 Å². The lowest BCUT2D eigenvalue weighted by molar-refractivity contribution is -0.121. The fourth-order valence-electron chi connectivity index (χ4n) is 3.03. The third kappa shape index (κ3) is 5.03. The van der Waals surface area contributed by atoms with E-state index in [0.29, 0.717) is 12.4 Å². The molecular weight excluding hydrogens is 319 g/mol. The van der Waals surface area contributed by atoms with Gasteiger partial charge in [0.25, 0.3) is 0 Å². The number of nitrogens with one attached hydrogen (secondary N) is 1. The number of ether oxygens (including phenoxy) is 1. The minimum atomic E-state index is -0.334. The second-order valence-electron chi connectivity index (χ2n) is 6.25. The number of carbonyl (C=O) groups excluding carboxylic acids is 1. The Labute approximate surface area is 147 Å². The largest absolute Gasteiger partial charge is 0.489 e. The standard InChI is InChI=1S/C20H23FN2O2/c21-18-8-4-5-9-19(18)25-15-14-23-12-10-16(11-13-23)20(24)22-17-6-2-1-3-7-17/h1-9,16H,10-15H2,(H,22,24). The van der Waals surface area contributed by atoms with Crippen LogP contribution in [0.4, 0.5) is 10.1 Å². The number of amides is 1. The first-order valence-electron chi connectivity index (χ1n) is 8.68. The SMILES string of the molecule is O=C(Nc1ccccc1)C1CCN(CCOc2ccccc2F)CC1. The van der Waals surface area contributed by atoms with Crippen molar-refractivity contribution >= 4 is 11.6 Å². The number of anilines is 1. The third-order valence-electron chi connectivity index (χ3n) is 4.50.